The Labute approximate surface area is 240 Å². The van der Waals surface area contributed by atoms with Crippen LogP contribution in [0.3, 0.4) is 0 Å². The maximum Gasteiger partial charge on any atom is 0.514 e. The van der Waals surface area contributed by atoms with E-state index in [0.717, 1.165) is 61.2 Å². The van der Waals surface area contributed by atoms with Gasteiger partial charge in [-0.05, 0) is 97.3 Å². The molecular weight excluding hydrogens is 502 g/mol. The van der Waals surface area contributed by atoms with E-state index in [-0.39, 0.29) is 23.0 Å². The van der Waals surface area contributed by atoms with Gasteiger partial charge in [0.1, 0.15) is 11.9 Å². The zero-order valence-electron chi connectivity index (χ0n) is 25.2. The average Bonchev–Trinajstić information content (AvgIpc) is 3.26. The van der Waals surface area contributed by atoms with Crippen molar-refractivity contribution in [1.29, 1.82) is 0 Å². The van der Waals surface area contributed by atoms with E-state index < -0.39 is 11.1 Å². The molecule has 3 saturated carbocycles. The molecule has 0 spiro atoms. The standard InChI is InChI=1S/C34H49NO5/c1-22(2)8-6-9-23(3)29-14-15-30-28-13-12-24-20-27(16-18-33(24,4)31(28)17-19-34(29,30)5)40-32(36)39-26-11-7-10-25(21-26)35(37)38/h7,10-12,21-23,27-31H,6,8-9,13-20H2,1-5H3/t23-,27+,28-,29+,30-,31-,33+,34-/m1/s1. The van der Waals surface area contributed by atoms with Gasteiger partial charge < -0.3 is 9.47 Å². The third-order valence-corrected chi connectivity index (χ3v) is 11.8. The predicted octanol–water partition coefficient (Wildman–Crippen LogP) is 9.52. The highest BCUT2D eigenvalue weighted by atomic mass is 16.7. The van der Waals surface area contributed by atoms with Crippen LogP contribution < -0.4 is 4.74 Å². The van der Waals surface area contributed by atoms with Crippen LogP contribution in [0.2, 0.25) is 0 Å². The summed E-state index contributed by atoms with van der Waals surface area (Å²) in [6, 6.07) is 5.66. The number of nitrogens with zero attached hydrogens (tertiary/aromatic N) is 1. The van der Waals surface area contributed by atoms with Gasteiger partial charge in [-0.1, -0.05) is 71.6 Å². The topological polar surface area (TPSA) is 78.7 Å². The number of nitro benzene ring substituents is 1. The number of nitro groups is 1. The lowest BCUT2D eigenvalue weighted by Gasteiger charge is -2.58. The molecule has 0 unspecified atom stereocenters. The lowest BCUT2D eigenvalue weighted by molar-refractivity contribution is -0.384. The molecule has 4 aliphatic rings. The molecular formula is C34H49NO5. The summed E-state index contributed by atoms with van der Waals surface area (Å²) in [5, 5.41) is 11.0. The van der Waals surface area contributed by atoms with Crippen molar-refractivity contribution < 1.29 is 19.2 Å². The van der Waals surface area contributed by atoms with Crippen molar-refractivity contribution in [3.63, 3.8) is 0 Å². The van der Waals surface area contributed by atoms with Gasteiger partial charge >= 0.3 is 6.16 Å². The molecule has 1 aromatic carbocycles. The second-order valence-corrected chi connectivity index (χ2v) is 14.4. The van der Waals surface area contributed by atoms with Crippen molar-refractivity contribution in [2.75, 3.05) is 0 Å². The normalized spacial score (nSPS) is 35.6. The molecule has 40 heavy (non-hydrogen) atoms. The molecule has 220 valence electrons. The lowest BCUT2D eigenvalue weighted by atomic mass is 9.47. The number of non-ortho nitro benzene ring substituents is 1. The van der Waals surface area contributed by atoms with E-state index in [4.69, 9.17) is 9.47 Å². The van der Waals surface area contributed by atoms with Crippen LogP contribution in [0.15, 0.2) is 35.9 Å². The van der Waals surface area contributed by atoms with Gasteiger partial charge in [0.25, 0.3) is 5.69 Å². The summed E-state index contributed by atoms with van der Waals surface area (Å²) in [7, 11) is 0. The second kappa shape index (κ2) is 11.5. The highest BCUT2D eigenvalue weighted by molar-refractivity contribution is 5.64. The molecule has 0 N–H and O–H groups in total. The molecule has 1 aromatic rings. The van der Waals surface area contributed by atoms with E-state index in [2.05, 4.69) is 40.7 Å². The maximum atomic E-state index is 12.5. The van der Waals surface area contributed by atoms with Crippen molar-refractivity contribution in [2.24, 2.45) is 46.3 Å². The minimum Gasteiger partial charge on any atom is -0.430 e. The minimum atomic E-state index is -0.781. The summed E-state index contributed by atoms with van der Waals surface area (Å²) in [5.41, 5.74) is 2.03. The molecule has 0 aromatic heterocycles. The third kappa shape index (κ3) is 5.56. The Bertz CT molecular complexity index is 1130. The van der Waals surface area contributed by atoms with Crippen molar-refractivity contribution >= 4 is 11.8 Å². The molecule has 0 radical (unpaired) electrons. The first-order valence-electron chi connectivity index (χ1n) is 15.8. The minimum absolute atomic E-state index is 0.113. The van der Waals surface area contributed by atoms with Gasteiger partial charge in [-0.2, -0.15) is 0 Å². The molecule has 3 fully saturated rings. The summed E-state index contributed by atoms with van der Waals surface area (Å²) in [6.07, 6.45) is 14.9. The van der Waals surface area contributed by atoms with E-state index in [1.807, 2.05) is 0 Å². The first-order chi connectivity index (χ1) is 19.0. The summed E-state index contributed by atoms with van der Waals surface area (Å²) in [5.74, 6) is 4.95. The molecule has 0 heterocycles. The monoisotopic (exact) mass is 551 g/mol. The van der Waals surface area contributed by atoms with Gasteiger partial charge in [-0.25, -0.2) is 4.79 Å². The Kier molecular flexibility index (Phi) is 8.37. The molecule has 6 heteroatoms. The zero-order chi connectivity index (χ0) is 28.7. The Morgan fingerprint density at radius 3 is 2.62 bits per heavy atom. The van der Waals surface area contributed by atoms with Gasteiger partial charge in [-0.3, -0.25) is 10.1 Å². The predicted molar refractivity (Wildman–Crippen MR) is 157 cm³/mol. The summed E-state index contributed by atoms with van der Waals surface area (Å²) in [4.78, 5) is 23.1. The third-order valence-electron chi connectivity index (χ3n) is 11.8. The highest BCUT2D eigenvalue weighted by Gasteiger charge is 2.59. The van der Waals surface area contributed by atoms with Crippen molar-refractivity contribution in [3.8, 4) is 5.75 Å². The largest absolute Gasteiger partial charge is 0.514 e. The first-order valence-corrected chi connectivity index (χ1v) is 15.8. The van der Waals surface area contributed by atoms with Crippen LogP contribution in [-0.4, -0.2) is 17.2 Å². The SMILES string of the molecule is CC(C)CCC[C@@H](C)[C@@H]1CC[C@@H]2[C@H]3CC=C4C[C@@H](OC(=O)Oc5cccc([N+](=O)[O-])c5)CC[C@]4(C)[C@@H]3CC[C@@]21C. The zero-order valence-corrected chi connectivity index (χ0v) is 25.2. The van der Waals surface area contributed by atoms with E-state index in [1.165, 1.54) is 74.8 Å². The van der Waals surface area contributed by atoms with Crippen LogP contribution in [0.5, 0.6) is 5.75 Å². The average molecular weight is 552 g/mol. The van der Waals surface area contributed by atoms with Crippen molar-refractivity contribution in [3.05, 3.63) is 46.0 Å². The number of fused-ring (bicyclic) bond motifs is 5. The summed E-state index contributed by atoms with van der Waals surface area (Å²) in [6.45, 7) is 12.4. The fourth-order valence-electron chi connectivity index (χ4n) is 9.67. The maximum absolute atomic E-state index is 12.5. The first kappa shape index (κ1) is 29.1. The van der Waals surface area contributed by atoms with Crippen LogP contribution in [0, 0.1) is 56.5 Å². The number of benzene rings is 1. The molecule has 6 nitrogen and oxygen atoms in total. The van der Waals surface area contributed by atoms with Gasteiger partial charge in [0.05, 0.1) is 11.0 Å². The van der Waals surface area contributed by atoms with Gasteiger partial charge in [-0.15, -0.1) is 0 Å². The molecule has 0 amide bonds. The van der Waals surface area contributed by atoms with E-state index >= 15 is 0 Å². The van der Waals surface area contributed by atoms with Gasteiger partial charge in [0, 0.05) is 12.5 Å². The highest BCUT2D eigenvalue weighted by Crippen LogP contribution is 2.67. The molecule has 0 bridgehead atoms. The number of rotatable bonds is 8. The Balaban J connectivity index is 1.21. The number of ether oxygens (including phenoxy) is 2. The fraction of sp³-hybridized carbons (Fsp3) is 0.735. The molecule has 0 saturated heterocycles. The number of hydrogen-bond acceptors (Lipinski definition) is 5. The Hall–Kier alpha value is -2.37. The number of allylic oxidation sites excluding steroid dienone is 1. The van der Waals surface area contributed by atoms with Crippen LogP contribution in [-0.2, 0) is 4.74 Å². The second-order valence-electron chi connectivity index (χ2n) is 14.4. The van der Waals surface area contributed by atoms with Crippen LogP contribution in [0.1, 0.15) is 105 Å². The summed E-state index contributed by atoms with van der Waals surface area (Å²) < 4.78 is 11.0. The number of carbonyl (C=O) groups is 1. The van der Waals surface area contributed by atoms with E-state index in [1.54, 1.807) is 0 Å². The molecule has 5 rings (SSSR count). The Morgan fingerprint density at radius 1 is 1.07 bits per heavy atom. The lowest BCUT2D eigenvalue weighted by Crippen LogP contribution is -2.51. The smallest absolute Gasteiger partial charge is 0.430 e. The van der Waals surface area contributed by atoms with Gasteiger partial charge in [0.2, 0.25) is 0 Å². The van der Waals surface area contributed by atoms with Crippen LogP contribution >= 0.6 is 0 Å². The molecule has 4 aliphatic carbocycles. The summed E-state index contributed by atoms with van der Waals surface area (Å²) >= 11 is 0. The van der Waals surface area contributed by atoms with E-state index in [0.29, 0.717) is 5.41 Å². The van der Waals surface area contributed by atoms with Crippen LogP contribution in [0.25, 0.3) is 0 Å². The number of hydrogen-bond donors (Lipinski definition) is 0. The van der Waals surface area contributed by atoms with Gasteiger partial charge in [0.15, 0.2) is 0 Å². The van der Waals surface area contributed by atoms with Crippen molar-refractivity contribution in [1.82, 2.24) is 0 Å². The van der Waals surface area contributed by atoms with Crippen molar-refractivity contribution in [2.45, 2.75) is 111 Å². The van der Waals surface area contributed by atoms with Crippen LogP contribution in [0.4, 0.5) is 10.5 Å². The molecule has 8 atom stereocenters. The quantitative estimate of drug-likeness (QED) is 0.106. The molecule has 0 aliphatic heterocycles. The number of carbonyl (C=O) groups excluding carboxylic acids is 1. The Morgan fingerprint density at radius 2 is 1.88 bits per heavy atom. The van der Waals surface area contributed by atoms with E-state index in [9.17, 15) is 14.9 Å². The fourth-order valence-corrected chi connectivity index (χ4v) is 9.67.